The molecule has 0 saturated heterocycles. The first-order chi connectivity index (χ1) is 12.1. The van der Waals surface area contributed by atoms with E-state index in [0.717, 1.165) is 17.8 Å². The molecule has 5 heteroatoms. The number of benzene rings is 1. The molecule has 1 aromatic carbocycles. The number of nitrogens with one attached hydrogen (secondary N) is 2. The maximum Gasteiger partial charge on any atom is 0.319 e. The highest BCUT2D eigenvalue weighted by atomic mass is 16.5. The number of anilines is 1. The molecular weight excluding hydrogens is 316 g/mol. The summed E-state index contributed by atoms with van der Waals surface area (Å²) in [4.78, 5) is 12.1. The Kier molecular flexibility index (Phi) is 8.77. The standard InChI is InChI=1S/C20H32N2O3/c1-16(2)25-12-11-24-15-18-9-6-10-19(13-18)22-20(23)21-14-17-7-4-3-5-8-17/h6,9-10,13,16-17H,3-5,7-8,11-12,14-15H2,1-2H3,(H2,21,22,23). The lowest BCUT2D eigenvalue weighted by Crippen LogP contribution is -2.33. The van der Waals surface area contributed by atoms with Crippen molar-refractivity contribution in [3.05, 3.63) is 29.8 Å². The fraction of sp³-hybridized carbons (Fsp3) is 0.650. The summed E-state index contributed by atoms with van der Waals surface area (Å²) >= 11 is 0. The first-order valence-electron chi connectivity index (χ1n) is 9.46. The van der Waals surface area contributed by atoms with E-state index in [1.165, 1.54) is 32.1 Å². The number of carbonyl (C=O) groups is 1. The van der Waals surface area contributed by atoms with E-state index in [1.54, 1.807) is 0 Å². The molecule has 0 heterocycles. The van der Waals surface area contributed by atoms with Gasteiger partial charge in [-0.25, -0.2) is 4.79 Å². The Morgan fingerprint density at radius 1 is 1.20 bits per heavy atom. The molecule has 0 aromatic heterocycles. The zero-order valence-electron chi connectivity index (χ0n) is 15.6. The summed E-state index contributed by atoms with van der Waals surface area (Å²) < 4.78 is 11.0. The monoisotopic (exact) mass is 348 g/mol. The number of ether oxygens (including phenoxy) is 2. The number of hydrogen-bond donors (Lipinski definition) is 2. The van der Waals surface area contributed by atoms with Crippen molar-refractivity contribution in [1.82, 2.24) is 5.32 Å². The minimum absolute atomic E-state index is 0.131. The van der Waals surface area contributed by atoms with Gasteiger partial charge in [-0.3, -0.25) is 0 Å². The number of amides is 2. The molecule has 0 aliphatic heterocycles. The minimum Gasteiger partial charge on any atom is -0.376 e. The largest absolute Gasteiger partial charge is 0.376 e. The van der Waals surface area contributed by atoms with Crippen LogP contribution >= 0.6 is 0 Å². The van der Waals surface area contributed by atoms with E-state index < -0.39 is 0 Å². The van der Waals surface area contributed by atoms with Gasteiger partial charge in [0.05, 0.1) is 25.9 Å². The van der Waals surface area contributed by atoms with Crippen LogP contribution < -0.4 is 10.6 Å². The second kappa shape index (κ2) is 11.1. The van der Waals surface area contributed by atoms with E-state index in [4.69, 9.17) is 9.47 Å². The Morgan fingerprint density at radius 3 is 2.76 bits per heavy atom. The van der Waals surface area contributed by atoms with Crippen LogP contribution in [0, 0.1) is 5.92 Å². The lowest BCUT2D eigenvalue weighted by molar-refractivity contribution is 0.0143. The lowest BCUT2D eigenvalue weighted by atomic mass is 9.89. The van der Waals surface area contributed by atoms with E-state index in [1.807, 2.05) is 38.1 Å². The van der Waals surface area contributed by atoms with Gasteiger partial charge in [0, 0.05) is 12.2 Å². The quantitative estimate of drug-likeness (QED) is 0.653. The highest BCUT2D eigenvalue weighted by Crippen LogP contribution is 2.22. The molecule has 0 unspecified atom stereocenters. The number of urea groups is 1. The SMILES string of the molecule is CC(C)OCCOCc1cccc(NC(=O)NCC2CCCCC2)c1. The number of rotatable bonds is 9. The van der Waals surface area contributed by atoms with E-state index in [0.29, 0.717) is 25.7 Å². The summed E-state index contributed by atoms with van der Waals surface area (Å²) in [6, 6.07) is 7.64. The molecule has 1 aliphatic carbocycles. The van der Waals surface area contributed by atoms with Gasteiger partial charge in [-0.2, -0.15) is 0 Å². The van der Waals surface area contributed by atoms with Crippen LogP contribution in [0.25, 0.3) is 0 Å². The van der Waals surface area contributed by atoms with Crippen LogP contribution in [0.5, 0.6) is 0 Å². The zero-order chi connectivity index (χ0) is 17.9. The predicted molar refractivity (Wildman–Crippen MR) is 101 cm³/mol. The first-order valence-corrected chi connectivity index (χ1v) is 9.46. The average Bonchev–Trinajstić information content (AvgIpc) is 2.61. The minimum atomic E-state index is -0.131. The van der Waals surface area contributed by atoms with Gasteiger partial charge < -0.3 is 20.1 Å². The normalized spacial score (nSPS) is 15.3. The molecule has 2 rings (SSSR count). The van der Waals surface area contributed by atoms with Crippen LogP contribution in [-0.4, -0.2) is 31.9 Å². The van der Waals surface area contributed by atoms with Gasteiger partial charge in [-0.15, -0.1) is 0 Å². The molecule has 1 aromatic rings. The lowest BCUT2D eigenvalue weighted by Gasteiger charge is -2.21. The molecule has 0 atom stereocenters. The van der Waals surface area contributed by atoms with Crippen LogP contribution in [0.15, 0.2) is 24.3 Å². The van der Waals surface area contributed by atoms with E-state index >= 15 is 0 Å². The van der Waals surface area contributed by atoms with Crippen molar-refractivity contribution in [2.45, 2.75) is 58.7 Å². The summed E-state index contributed by atoms with van der Waals surface area (Å²) in [5.41, 5.74) is 1.83. The van der Waals surface area contributed by atoms with Crippen molar-refractivity contribution in [3.63, 3.8) is 0 Å². The van der Waals surface area contributed by atoms with Crippen molar-refractivity contribution >= 4 is 11.7 Å². The van der Waals surface area contributed by atoms with Gasteiger partial charge in [0.1, 0.15) is 0 Å². The second-order valence-corrected chi connectivity index (χ2v) is 7.01. The molecule has 25 heavy (non-hydrogen) atoms. The summed E-state index contributed by atoms with van der Waals surface area (Å²) in [5, 5.41) is 5.90. The summed E-state index contributed by atoms with van der Waals surface area (Å²) in [6.45, 7) is 6.46. The summed E-state index contributed by atoms with van der Waals surface area (Å²) in [6.07, 6.45) is 6.60. The van der Waals surface area contributed by atoms with Gasteiger partial charge in [-0.1, -0.05) is 31.4 Å². The summed E-state index contributed by atoms with van der Waals surface area (Å²) in [5.74, 6) is 0.632. The molecular formula is C20H32N2O3. The summed E-state index contributed by atoms with van der Waals surface area (Å²) in [7, 11) is 0. The Morgan fingerprint density at radius 2 is 2.00 bits per heavy atom. The van der Waals surface area contributed by atoms with Crippen molar-refractivity contribution in [1.29, 1.82) is 0 Å². The van der Waals surface area contributed by atoms with E-state index in [9.17, 15) is 4.79 Å². The molecule has 2 N–H and O–H groups in total. The van der Waals surface area contributed by atoms with Crippen LogP contribution in [-0.2, 0) is 16.1 Å². The second-order valence-electron chi connectivity index (χ2n) is 7.01. The molecule has 140 valence electrons. The molecule has 1 aliphatic rings. The Balaban J connectivity index is 1.67. The van der Waals surface area contributed by atoms with E-state index in [-0.39, 0.29) is 12.1 Å². The third-order valence-electron chi connectivity index (χ3n) is 4.41. The molecule has 1 saturated carbocycles. The van der Waals surface area contributed by atoms with Gasteiger partial charge in [0.2, 0.25) is 0 Å². The molecule has 0 radical (unpaired) electrons. The van der Waals surface area contributed by atoms with Crippen LogP contribution in [0.2, 0.25) is 0 Å². The zero-order valence-corrected chi connectivity index (χ0v) is 15.6. The molecule has 2 amide bonds. The predicted octanol–water partition coefficient (Wildman–Crippen LogP) is 4.33. The topological polar surface area (TPSA) is 59.6 Å². The van der Waals surface area contributed by atoms with Crippen LogP contribution in [0.3, 0.4) is 0 Å². The van der Waals surface area contributed by atoms with Gasteiger partial charge in [-0.05, 0) is 50.3 Å². The number of hydrogen-bond acceptors (Lipinski definition) is 3. The maximum absolute atomic E-state index is 12.1. The maximum atomic E-state index is 12.1. The first kappa shape index (κ1) is 19.7. The van der Waals surface area contributed by atoms with Gasteiger partial charge >= 0.3 is 6.03 Å². The molecule has 0 spiro atoms. The fourth-order valence-electron chi connectivity index (χ4n) is 3.08. The molecule has 1 fully saturated rings. The van der Waals surface area contributed by atoms with Crippen molar-refractivity contribution in [2.24, 2.45) is 5.92 Å². The third kappa shape index (κ3) is 8.36. The van der Waals surface area contributed by atoms with Crippen molar-refractivity contribution < 1.29 is 14.3 Å². The Labute approximate surface area is 151 Å². The fourth-order valence-corrected chi connectivity index (χ4v) is 3.08. The highest BCUT2D eigenvalue weighted by molar-refractivity contribution is 5.89. The van der Waals surface area contributed by atoms with Crippen molar-refractivity contribution in [3.8, 4) is 0 Å². The third-order valence-corrected chi connectivity index (χ3v) is 4.41. The van der Waals surface area contributed by atoms with Gasteiger partial charge in [0.25, 0.3) is 0 Å². The average molecular weight is 348 g/mol. The molecule has 0 bridgehead atoms. The van der Waals surface area contributed by atoms with Gasteiger partial charge in [0.15, 0.2) is 0 Å². The van der Waals surface area contributed by atoms with Crippen LogP contribution in [0.1, 0.15) is 51.5 Å². The highest BCUT2D eigenvalue weighted by Gasteiger charge is 2.14. The molecule has 5 nitrogen and oxygen atoms in total. The van der Waals surface area contributed by atoms with Crippen molar-refractivity contribution in [2.75, 3.05) is 25.1 Å². The smallest absolute Gasteiger partial charge is 0.319 e. The Bertz CT molecular complexity index is 513. The Hall–Kier alpha value is -1.59. The van der Waals surface area contributed by atoms with E-state index in [2.05, 4.69) is 10.6 Å². The van der Waals surface area contributed by atoms with Crippen LogP contribution in [0.4, 0.5) is 10.5 Å². The number of carbonyl (C=O) groups excluding carboxylic acids is 1.